The first-order valence-corrected chi connectivity index (χ1v) is 14.2. The van der Waals surface area contributed by atoms with Gasteiger partial charge in [-0.15, -0.1) is 0 Å². The molecule has 1 aromatic heterocycles. The normalized spacial score (nSPS) is 29.4. The van der Waals surface area contributed by atoms with Crippen molar-refractivity contribution < 1.29 is 39.0 Å². The first-order chi connectivity index (χ1) is 19.7. The molecule has 0 aliphatic heterocycles. The minimum atomic E-state index is -2.83. The average Bonchev–Trinajstić information content (AvgIpc) is 2.92. The smallest absolute Gasteiger partial charge is 0.242 e. The van der Waals surface area contributed by atoms with E-state index in [1.807, 2.05) is 0 Å². The molecule has 2 fully saturated rings. The molecule has 0 radical (unpaired) electrons. The van der Waals surface area contributed by atoms with Gasteiger partial charge in [-0.2, -0.15) is 0 Å². The van der Waals surface area contributed by atoms with Crippen LogP contribution in [0.4, 0.5) is 5.69 Å². The molecule has 7 atom stereocenters. The minimum Gasteiger partial charge on any atom is -0.505 e. The van der Waals surface area contributed by atoms with E-state index in [-0.39, 0.29) is 29.1 Å². The molecule has 5 rings (SSSR count). The number of phenolic OH excluding ortho intramolecular Hbond substituents is 1. The van der Waals surface area contributed by atoms with Crippen molar-refractivity contribution in [2.45, 2.75) is 29.3 Å². The molecular formula is C28H26BrClN4O8. The van der Waals surface area contributed by atoms with E-state index in [1.165, 1.54) is 37.5 Å². The summed E-state index contributed by atoms with van der Waals surface area (Å²) < 4.78 is 0. The Morgan fingerprint density at radius 3 is 2.43 bits per heavy atom. The Bertz CT molecular complexity index is 1570. The highest BCUT2D eigenvalue weighted by Crippen LogP contribution is 2.52. The van der Waals surface area contributed by atoms with Gasteiger partial charge < -0.3 is 21.3 Å². The lowest BCUT2D eigenvalue weighted by atomic mass is 9.52. The number of nitrogens with two attached hydrogens (primary N) is 1. The topological polar surface area (TPSA) is 197 Å². The molecule has 5 N–H and O–H groups in total. The van der Waals surface area contributed by atoms with Crippen LogP contribution < -0.4 is 11.1 Å². The van der Waals surface area contributed by atoms with Crippen LogP contribution in [0, 0.1) is 23.7 Å². The van der Waals surface area contributed by atoms with E-state index >= 15 is 0 Å². The summed E-state index contributed by atoms with van der Waals surface area (Å²) in [6, 6.07) is 3.42. The molecule has 0 saturated heterocycles. The monoisotopic (exact) mass is 660 g/mol. The Morgan fingerprint density at radius 2 is 1.83 bits per heavy atom. The van der Waals surface area contributed by atoms with E-state index in [1.54, 1.807) is 12.1 Å². The van der Waals surface area contributed by atoms with Crippen molar-refractivity contribution in [3.05, 3.63) is 52.3 Å². The van der Waals surface area contributed by atoms with Crippen LogP contribution in [-0.2, 0) is 30.4 Å². The third-order valence-electron chi connectivity index (χ3n) is 8.48. The molecule has 3 aliphatic rings. The van der Waals surface area contributed by atoms with Gasteiger partial charge in [-0.3, -0.25) is 38.7 Å². The predicted molar refractivity (Wildman–Crippen MR) is 151 cm³/mol. The average molecular weight is 662 g/mol. The van der Waals surface area contributed by atoms with Gasteiger partial charge in [0.1, 0.15) is 10.5 Å². The fourth-order valence-corrected chi connectivity index (χ4v) is 7.30. The zero-order chi connectivity index (χ0) is 30.8. The van der Waals surface area contributed by atoms with Crippen molar-refractivity contribution in [3.8, 4) is 5.75 Å². The Hall–Kier alpha value is -3.52. The number of benzene rings is 1. The number of alkyl halides is 1. The Morgan fingerprint density at radius 1 is 1.19 bits per heavy atom. The highest BCUT2D eigenvalue weighted by Gasteiger charge is 2.69. The van der Waals surface area contributed by atoms with Crippen molar-refractivity contribution in [1.29, 1.82) is 0 Å². The molecule has 2 amide bonds. The van der Waals surface area contributed by atoms with E-state index in [4.69, 9.17) is 17.3 Å². The number of rotatable bonds is 5. The molecule has 14 heteroatoms. The van der Waals surface area contributed by atoms with Gasteiger partial charge in [0.15, 0.2) is 40.4 Å². The predicted octanol–water partition coefficient (Wildman–Crippen LogP) is 0.990. The molecular weight excluding hydrogens is 636 g/mol. The summed E-state index contributed by atoms with van der Waals surface area (Å²) in [6.07, 6.45) is 2.95. The van der Waals surface area contributed by atoms with Gasteiger partial charge >= 0.3 is 0 Å². The van der Waals surface area contributed by atoms with Crippen LogP contribution in [0.15, 0.2) is 30.6 Å². The van der Waals surface area contributed by atoms with Crippen LogP contribution in [0.25, 0.3) is 0 Å². The van der Waals surface area contributed by atoms with Gasteiger partial charge in [-0.05, 0) is 62.2 Å². The van der Waals surface area contributed by atoms with Gasteiger partial charge in [0.2, 0.25) is 11.8 Å². The molecule has 1 aromatic carbocycles. The number of primary amides is 1. The van der Waals surface area contributed by atoms with E-state index < -0.39 is 80.8 Å². The Kier molecular flexibility index (Phi) is 7.59. The number of aliphatic hydroxyl groups is 1. The van der Waals surface area contributed by atoms with E-state index in [0.29, 0.717) is 11.1 Å². The number of nitrogens with one attached hydrogen (secondary N) is 1. The van der Waals surface area contributed by atoms with Gasteiger partial charge in [-0.1, -0.05) is 27.5 Å². The lowest BCUT2D eigenvalue weighted by Crippen LogP contribution is -2.74. The summed E-state index contributed by atoms with van der Waals surface area (Å²) in [5.74, 6) is -12.4. The van der Waals surface area contributed by atoms with Crippen molar-refractivity contribution in [2.75, 3.05) is 19.4 Å². The summed E-state index contributed by atoms with van der Waals surface area (Å²) in [5.41, 5.74) is 2.83. The van der Waals surface area contributed by atoms with Crippen LogP contribution in [0.3, 0.4) is 0 Å². The van der Waals surface area contributed by atoms with Gasteiger partial charge in [0.25, 0.3) is 0 Å². The molecule has 0 spiro atoms. The van der Waals surface area contributed by atoms with E-state index in [0.717, 1.165) is 0 Å². The van der Waals surface area contributed by atoms with Crippen molar-refractivity contribution in [2.24, 2.45) is 29.4 Å². The number of Topliss-reactive ketones (excluding diaryl/α,β-unsaturated/α-hetero) is 4. The molecule has 12 nitrogen and oxygen atoms in total. The van der Waals surface area contributed by atoms with Gasteiger partial charge in [0, 0.05) is 18.3 Å². The zero-order valence-corrected chi connectivity index (χ0v) is 24.7. The summed E-state index contributed by atoms with van der Waals surface area (Å²) in [4.78, 5) is 83.8. The second-order valence-electron chi connectivity index (χ2n) is 11.0. The largest absolute Gasteiger partial charge is 0.505 e. The fourth-order valence-electron chi connectivity index (χ4n) is 6.62. The number of aromatic nitrogens is 1. The highest BCUT2D eigenvalue weighted by molar-refractivity contribution is 9.09. The van der Waals surface area contributed by atoms with Crippen LogP contribution in [-0.4, -0.2) is 80.8 Å². The SMILES string of the molecule is CN(C)[C@@H]1C(=O)C(C(N)=O)C(=O)[C@@]2(O)C(=O)C3C(=O)c4c(cc(Cl)c(NC(=O)C(Br)c5ccncc5)c4O)CC3CC12. The van der Waals surface area contributed by atoms with E-state index in [9.17, 15) is 39.0 Å². The summed E-state index contributed by atoms with van der Waals surface area (Å²) >= 11 is 9.72. The van der Waals surface area contributed by atoms with Gasteiger partial charge in [-0.25, -0.2) is 0 Å². The van der Waals surface area contributed by atoms with Crippen LogP contribution >= 0.6 is 27.5 Å². The van der Waals surface area contributed by atoms with Crippen LogP contribution in [0.2, 0.25) is 5.02 Å². The first-order valence-electron chi connectivity index (χ1n) is 13.0. The van der Waals surface area contributed by atoms with Crippen LogP contribution in [0.5, 0.6) is 5.75 Å². The summed E-state index contributed by atoms with van der Waals surface area (Å²) in [5, 5.41) is 25.3. The zero-order valence-electron chi connectivity index (χ0n) is 22.3. The number of aromatic hydroxyl groups is 1. The summed E-state index contributed by atoms with van der Waals surface area (Å²) in [6.45, 7) is 0. The molecule has 42 heavy (non-hydrogen) atoms. The number of phenols is 1. The number of carbonyl (C=O) groups excluding carboxylic acids is 6. The third-order valence-corrected chi connectivity index (χ3v) is 9.72. The number of carbonyl (C=O) groups is 6. The number of nitrogens with zero attached hydrogens (tertiary/aromatic N) is 2. The lowest BCUT2D eigenvalue weighted by Gasteiger charge is -2.52. The maximum Gasteiger partial charge on any atom is 0.242 e. The van der Waals surface area contributed by atoms with Crippen molar-refractivity contribution in [1.82, 2.24) is 9.88 Å². The lowest BCUT2D eigenvalue weighted by molar-refractivity contribution is -0.181. The van der Waals surface area contributed by atoms with Gasteiger partial charge in [0.05, 0.1) is 22.5 Å². The molecule has 220 valence electrons. The van der Waals surface area contributed by atoms with Crippen molar-refractivity contribution in [3.63, 3.8) is 0 Å². The Labute approximate surface area is 252 Å². The molecule has 0 bridgehead atoms. The maximum atomic E-state index is 13.9. The number of hydrogen-bond acceptors (Lipinski definition) is 10. The van der Waals surface area contributed by atoms with Crippen LogP contribution in [0.1, 0.15) is 32.7 Å². The number of fused-ring (bicyclic) bond motifs is 3. The standard InChI is InChI=1S/C28H26BrClN4O8/c1-34(2)20-13-8-11-7-12-9-14(30)19(33-27(41)18(29)10-3-5-32-6-4-10)22(36)15(12)21(35)16(11)24(38)28(13,42)25(39)17(23(20)37)26(31)40/h3-6,9,11,13,16-18,20,36,42H,7-8H2,1-2H3,(H2,31,40)(H,33,41)/t11?,13?,16?,17?,18?,20-,28-/m0/s1. The number of ketones is 4. The highest BCUT2D eigenvalue weighted by atomic mass is 79.9. The molecule has 1 heterocycles. The molecule has 3 aliphatic carbocycles. The number of halogens is 2. The second-order valence-corrected chi connectivity index (χ2v) is 12.4. The number of amides is 2. The van der Waals surface area contributed by atoms with Crippen molar-refractivity contribution >= 4 is 68.2 Å². The fraction of sp³-hybridized carbons (Fsp3) is 0.393. The second kappa shape index (κ2) is 10.6. The number of pyridine rings is 1. The third kappa shape index (κ3) is 4.37. The number of hydrogen-bond donors (Lipinski definition) is 4. The minimum absolute atomic E-state index is 0.0471. The number of likely N-dealkylation sites (N-methyl/N-ethyl adjacent to an activating group) is 1. The molecule has 2 aromatic rings. The number of anilines is 1. The first kappa shape index (κ1) is 30.0. The quantitative estimate of drug-likeness (QED) is 0.204. The molecule has 2 saturated carbocycles. The Balaban J connectivity index is 1.54. The van der Waals surface area contributed by atoms with E-state index in [2.05, 4.69) is 26.2 Å². The summed E-state index contributed by atoms with van der Waals surface area (Å²) in [7, 11) is 3.02. The maximum absolute atomic E-state index is 13.9. The molecule has 5 unspecified atom stereocenters.